The van der Waals surface area contributed by atoms with E-state index in [1.54, 1.807) is 36.5 Å². The monoisotopic (exact) mass is 390 g/mol. The van der Waals surface area contributed by atoms with E-state index < -0.39 is 0 Å². The van der Waals surface area contributed by atoms with Crippen LogP contribution in [0.5, 0.6) is 0 Å². The van der Waals surface area contributed by atoms with E-state index in [1.807, 2.05) is 6.07 Å². The third-order valence-electron chi connectivity index (χ3n) is 3.68. The second-order valence-corrected chi connectivity index (χ2v) is 6.57. The van der Waals surface area contributed by atoms with Gasteiger partial charge in [0.15, 0.2) is 0 Å². The lowest BCUT2D eigenvalue weighted by atomic mass is 10.0. The number of pyridine rings is 2. The molecule has 9 heteroatoms. The fraction of sp³-hybridized carbons (Fsp3) is 0.105. The Kier molecular flexibility index (Phi) is 5.90. The smallest absolute Gasteiger partial charge is 0.226 e. The van der Waals surface area contributed by atoms with Crippen molar-refractivity contribution in [3.8, 4) is 23.5 Å². The van der Waals surface area contributed by atoms with Crippen LogP contribution in [0.3, 0.4) is 0 Å². The number of thioether (sulfide) groups is 1. The predicted octanol–water partition coefficient (Wildman–Crippen LogP) is 3.18. The molecule has 0 aliphatic carbocycles. The van der Waals surface area contributed by atoms with Gasteiger partial charge in [-0.05, 0) is 24.3 Å². The average Bonchev–Trinajstić information content (AvgIpc) is 3.22. The molecule has 0 atom stereocenters. The molecule has 3 aromatic heterocycles. The lowest BCUT2D eigenvalue weighted by Crippen LogP contribution is -2.13. The van der Waals surface area contributed by atoms with E-state index in [2.05, 4.69) is 21.4 Å². The van der Waals surface area contributed by atoms with Gasteiger partial charge in [-0.1, -0.05) is 6.07 Å². The molecule has 0 aliphatic heterocycles. The first-order chi connectivity index (χ1) is 13.6. The molecule has 0 fully saturated rings. The van der Waals surface area contributed by atoms with Crippen molar-refractivity contribution in [2.75, 3.05) is 16.8 Å². The highest BCUT2D eigenvalue weighted by molar-refractivity contribution is 7.99. The van der Waals surface area contributed by atoms with E-state index in [9.17, 15) is 15.3 Å². The van der Waals surface area contributed by atoms with Gasteiger partial charge in [0.2, 0.25) is 5.91 Å². The Hall–Kier alpha value is -3.82. The Morgan fingerprint density at radius 3 is 2.68 bits per heavy atom. The van der Waals surface area contributed by atoms with Crippen molar-refractivity contribution in [1.82, 2.24) is 9.97 Å². The van der Waals surface area contributed by atoms with E-state index >= 15 is 0 Å². The van der Waals surface area contributed by atoms with E-state index in [0.29, 0.717) is 27.9 Å². The van der Waals surface area contributed by atoms with Crippen LogP contribution in [0.15, 0.2) is 52.2 Å². The van der Waals surface area contributed by atoms with Crippen molar-refractivity contribution in [1.29, 1.82) is 10.5 Å². The van der Waals surface area contributed by atoms with E-state index in [4.69, 9.17) is 10.2 Å². The van der Waals surface area contributed by atoms with Crippen molar-refractivity contribution in [3.63, 3.8) is 0 Å². The summed E-state index contributed by atoms with van der Waals surface area (Å²) in [4.78, 5) is 20.3. The van der Waals surface area contributed by atoms with Crippen LogP contribution in [0.1, 0.15) is 17.5 Å². The quantitative estimate of drug-likeness (QED) is 0.611. The first-order valence-corrected chi connectivity index (χ1v) is 9.13. The summed E-state index contributed by atoms with van der Waals surface area (Å²) >= 11 is 1.21. The summed E-state index contributed by atoms with van der Waals surface area (Å²) in [6.07, 6.45) is 3.22. The molecule has 0 spiro atoms. The lowest BCUT2D eigenvalue weighted by Gasteiger charge is -2.11. The van der Waals surface area contributed by atoms with Crippen LogP contribution in [-0.2, 0) is 4.79 Å². The minimum atomic E-state index is -0.211. The summed E-state index contributed by atoms with van der Waals surface area (Å²) in [6, 6.07) is 12.6. The number of anilines is 2. The number of nitrogen functional groups attached to an aromatic ring is 1. The molecule has 28 heavy (non-hydrogen) atoms. The highest BCUT2D eigenvalue weighted by Gasteiger charge is 2.22. The maximum absolute atomic E-state index is 12.0. The number of rotatable bonds is 6. The lowest BCUT2D eigenvalue weighted by molar-refractivity contribution is -0.115. The van der Waals surface area contributed by atoms with Gasteiger partial charge >= 0.3 is 0 Å². The van der Waals surface area contributed by atoms with Crippen molar-refractivity contribution >= 4 is 29.3 Å². The van der Waals surface area contributed by atoms with E-state index in [-0.39, 0.29) is 29.3 Å². The minimum absolute atomic E-state index is 0.00772. The van der Waals surface area contributed by atoms with Gasteiger partial charge in [0.05, 0.1) is 17.4 Å². The first-order valence-electron chi connectivity index (χ1n) is 8.15. The molecule has 0 saturated carbocycles. The number of carbonyl (C=O) groups excluding carboxylic acids is 1. The van der Waals surface area contributed by atoms with Crippen LogP contribution in [0.25, 0.3) is 11.3 Å². The van der Waals surface area contributed by atoms with Crippen molar-refractivity contribution in [2.45, 2.75) is 11.4 Å². The Morgan fingerprint density at radius 1 is 1.21 bits per heavy atom. The average molecular weight is 390 g/mol. The molecule has 1 amide bonds. The summed E-state index contributed by atoms with van der Waals surface area (Å²) in [5.74, 6) is 0.988. The normalized spacial score (nSPS) is 10.1. The van der Waals surface area contributed by atoms with Crippen molar-refractivity contribution < 1.29 is 9.21 Å². The van der Waals surface area contributed by atoms with Crippen LogP contribution in [0, 0.1) is 22.7 Å². The number of nitrogens with zero attached hydrogens (tertiary/aromatic N) is 4. The summed E-state index contributed by atoms with van der Waals surface area (Å²) in [5, 5.41) is 22.1. The molecule has 0 bridgehead atoms. The highest BCUT2D eigenvalue weighted by Crippen LogP contribution is 2.35. The number of nitriles is 2. The van der Waals surface area contributed by atoms with Crippen LogP contribution in [-0.4, -0.2) is 21.6 Å². The first kappa shape index (κ1) is 19.0. The molecule has 8 nitrogen and oxygen atoms in total. The predicted molar refractivity (Wildman–Crippen MR) is 104 cm³/mol. The Morgan fingerprint density at radius 2 is 2.04 bits per heavy atom. The van der Waals surface area contributed by atoms with Gasteiger partial charge in [-0.3, -0.25) is 4.79 Å². The molecule has 3 rings (SSSR count). The standard InChI is InChI=1S/C19H14N6O2S/c20-10-12-17(14-4-3-8-27-14)13(11-21)19(25-18(12)22)28-9-6-16(26)24-15-5-1-2-7-23-15/h1-5,7-8H,6,9H2,(H2,22,25)(H,23,24,26). The minimum Gasteiger partial charge on any atom is -0.464 e. The summed E-state index contributed by atoms with van der Waals surface area (Å²) in [6.45, 7) is 0. The van der Waals surface area contributed by atoms with Crippen LogP contribution < -0.4 is 11.1 Å². The van der Waals surface area contributed by atoms with Gasteiger partial charge in [-0.25, -0.2) is 9.97 Å². The number of furan rings is 1. The molecule has 3 heterocycles. The molecular weight excluding hydrogens is 376 g/mol. The summed E-state index contributed by atoms with van der Waals surface area (Å²) < 4.78 is 5.36. The number of nitrogens with two attached hydrogens (primary N) is 1. The molecular formula is C19H14N6O2S. The number of hydrogen-bond acceptors (Lipinski definition) is 8. The highest BCUT2D eigenvalue weighted by atomic mass is 32.2. The maximum Gasteiger partial charge on any atom is 0.226 e. The molecule has 138 valence electrons. The summed E-state index contributed by atoms with van der Waals surface area (Å²) in [5.41, 5.74) is 6.50. The fourth-order valence-electron chi connectivity index (χ4n) is 2.45. The second-order valence-electron chi connectivity index (χ2n) is 5.49. The Bertz CT molecular complexity index is 1070. The topological polar surface area (TPSA) is 142 Å². The van der Waals surface area contributed by atoms with Gasteiger partial charge < -0.3 is 15.5 Å². The largest absolute Gasteiger partial charge is 0.464 e. The number of nitrogens with one attached hydrogen (secondary N) is 1. The summed E-state index contributed by atoms with van der Waals surface area (Å²) in [7, 11) is 0. The Balaban J connectivity index is 1.78. The zero-order valence-corrected chi connectivity index (χ0v) is 15.4. The third-order valence-corrected chi connectivity index (χ3v) is 4.66. The molecule has 0 saturated heterocycles. The zero-order chi connectivity index (χ0) is 19.9. The fourth-order valence-corrected chi connectivity index (χ4v) is 3.39. The maximum atomic E-state index is 12.0. The second kappa shape index (κ2) is 8.71. The SMILES string of the molecule is N#Cc1c(N)nc(SCCC(=O)Nc2ccccn2)c(C#N)c1-c1ccco1. The number of hydrogen-bond donors (Lipinski definition) is 2. The number of carbonyl (C=O) groups is 1. The van der Waals surface area contributed by atoms with Gasteiger partial charge in [-0.2, -0.15) is 10.5 Å². The number of amides is 1. The molecule has 0 radical (unpaired) electrons. The molecule has 0 aromatic carbocycles. The van der Waals surface area contributed by atoms with Crippen LogP contribution >= 0.6 is 11.8 Å². The van der Waals surface area contributed by atoms with Crippen LogP contribution in [0.4, 0.5) is 11.6 Å². The zero-order valence-electron chi connectivity index (χ0n) is 14.5. The molecule has 3 aromatic rings. The van der Waals surface area contributed by atoms with Gasteiger partial charge in [0.1, 0.15) is 40.1 Å². The van der Waals surface area contributed by atoms with Gasteiger partial charge in [0.25, 0.3) is 0 Å². The van der Waals surface area contributed by atoms with Crippen LogP contribution in [0.2, 0.25) is 0 Å². The van der Waals surface area contributed by atoms with E-state index in [0.717, 1.165) is 0 Å². The molecule has 0 unspecified atom stereocenters. The van der Waals surface area contributed by atoms with Crippen molar-refractivity contribution in [3.05, 3.63) is 53.9 Å². The van der Waals surface area contributed by atoms with Gasteiger partial charge in [-0.15, -0.1) is 11.8 Å². The van der Waals surface area contributed by atoms with E-state index in [1.165, 1.54) is 18.0 Å². The molecule has 3 N–H and O–H groups in total. The molecule has 0 aliphatic rings. The van der Waals surface area contributed by atoms with Gasteiger partial charge in [0, 0.05) is 18.4 Å². The Labute approximate surface area is 165 Å². The third kappa shape index (κ3) is 4.11. The number of aromatic nitrogens is 2. The van der Waals surface area contributed by atoms with Crippen molar-refractivity contribution in [2.24, 2.45) is 0 Å².